The summed E-state index contributed by atoms with van der Waals surface area (Å²) in [6, 6.07) is 0. The van der Waals surface area contributed by atoms with Crippen molar-refractivity contribution in [1.82, 2.24) is 21.3 Å². The number of hydrogen-bond acceptors (Lipinski definition) is 5. The molecule has 0 radical (unpaired) electrons. The van der Waals surface area contributed by atoms with E-state index in [1.807, 2.05) is 7.05 Å². The Morgan fingerprint density at radius 3 is 2.00 bits per heavy atom. The maximum absolute atomic E-state index is 11.4. The Morgan fingerprint density at radius 2 is 1.50 bits per heavy atom. The van der Waals surface area contributed by atoms with E-state index in [0.717, 1.165) is 13.0 Å². The predicted octanol–water partition coefficient (Wildman–Crippen LogP) is -1.30. The molecule has 0 spiro atoms. The summed E-state index contributed by atoms with van der Waals surface area (Å²) >= 11 is 1.29. The lowest BCUT2D eigenvalue weighted by Gasteiger charge is -2.06. The van der Waals surface area contributed by atoms with Gasteiger partial charge in [-0.15, -0.1) is 11.8 Å². The van der Waals surface area contributed by atoms with Crippen molar-refractivity contribution in [2.75, 3.05) is 44.7 Å². The Labute approximate surface area is 124 Å². The molecule has 0 saturated heterocycles. The van der Waals surface area contributed by atoms with E-state index in [1.165, 1.54) is 11.8 Å². The molecule has 0 atom stereocenters. The number of carbonyl (C=O) groups is 3. The molecule has 0 aromatic heterocycles. The monoisotopic (exact) mass is 304 g/mol. The first-order valence-corrected chi connectivity index (χ1v) is 7.79. The molecule has 8 heteroatoms. The van der Waals surface area contributed by atoms with Crippen molar-refractivity contribution in [3.63, 3.8) is 0 Å². The van der Waals surface area contributed by atoms with Crippen LogP contribution >= 0.6 is 11.8 Å². The minimum atomic E-state index is -0.0934. The van der Waals surface area contributed by atoms with Gasteiger partial charge in [-0.25, -0.2) is 0 Å². The molecule has 0 aromatic rings. The highest BCUT2D eigenvalue weighted by molar-refractivity contribution is 8.00. The number of rotatable bonds is 13. The minimum absolute atomic E-state index is 0.0471. The summed E-state index contributed by atoms with van der Waals surface area (Å²) in [5.74, 6) is 0.420. The quantitative estimate of drug-likeness (QED) is 0.250. The molecule has 7 nitrogen and oxygen atoms in total. The summed E-state index contributed by atoms with van der Waals surface area (Å²) in [5, 5.41) is 11.0. The van der Waals surface area contributed by atoms with Gasteiger partial charge in [0.15, 0.2) is 0 Å². The highest BCUT2D eigenvalue weighted by Crippen LogP contribution is 1.98. The van der Waals surface area contributed by atoms with Gasteiger partial charge >= 0.3 is 0 Å². The average Bonchev–Trinajstić information content (AvgIpc) is 2.43. The molecular formula is C12H24N4O3S. The zero-order chi connectivity index (χ0) is 15.1. The number of carbonyl (C=O) groups excluding carboxylic acids is 3. The Morgan fingerprint density at radius 1 is 0.950 bits per heavy atom. The fraction of sp³-hybridized carbons (Fsp3) is 0.750. The topological polar surface area (TPSA) is 99.3 Å². The highest BCUT2D eigenvalue weighted by Gasteiger charge is 2.04. The summed E-state index contributed by atoms with van der Waals surface area (Å²) in [5.41, 5.74) is 0. The van der Waals surface area contributed by atoms with Gasteiger partial charge in [0.25, 0.3) is 0 Å². The first kappa shape index (κ1) is 18.7. The molecule has 4 N–H and O–H groups in total. The van der Waals surface area contributed by atoms with E-state index >= 15 is 0 Å². The Hall–Kier alpha value is -1.28. The minimum Gasteiger partial charge on any atom is -0.359 e. The molecule has 0 aliphatic rings. The van der Waals surface area contributed by atoms with Gasteiger partial charge in [-0.2, -0.15) is 0 Å². The van der Waals surface area contributed by atoms with E-state index in [1.54, 1.807) is 0 Å². The third kappa shape index (κ3) is 13.2. The van der Waals surface area contributed by atoms with Crippen LogP contribution in [0.15, 0.2) is 0 Å². The molecule has 0 aliphatic heterocycles. The van der Waals surface area contributed by atoms with E-state index in [4.69, 9.17) is 0 Å². The highest BCUT2D eigenvalue weighted by atomic mass is 32.2. The lowest BCUT2D eigenvalue weighted by Crippen LogP contribution is -2.30. The van der Waals surface area contributed by atoms with E-state index in [0.29, 0.717) is 38.2 Å². The molecule has 20 heavy (non-hydrogen) atoms. The maximum Gasteiger partial charge on any atom is 0.230 e. The van der Waals surface area contributed by atoms with Crippen LogP contribution in [0.5, 0.6) is 0 Å². The largest absolute Gasteiger partial charge is 0.359 e. The van der Waals surface area contributed by atoms with Crippen LogP contribution in [0.25, 0.3) is 0 Å². The average molecular weight is 304 g/mol. The summed E-state index contributed by atoms with van der Waals surface area (Å²) in [7, 11) is 1.87. The molecule has 116 valence electrons. The third-order valence-electron chi connectivity index (χ3n) is 2.30. The molecule has 0 bridgehead atoms. The van der Waals surface area contributed by atoms with Crippen molar-refractivity contribution in [3.05, 3.63) is 0 Å². The molecule has 3 amide bonds. The van der Waals surface area contributed by atoms with E-state index in [2.05, 4.69) is 21.3 Å². The predicted molar refractivity (Wildman–Crippen MR) is 80.6 cm³/mol. The van der Waals surface area contributed by atoms with Crippen LogP contribution < -0.4 is 21.3 Å². The Balaban J connectivity index is 3.37. The zero-order valence-electron chi connectivity index (χ0n) is 11.9. The zero-order valence-corrected chi connectivity index (χ0v) is 12.7. The molecule has 0 rings (SSSR count). The van der Waals surface area contributed by atoms with Gasteiger partial charge in [-0.1, -0.05) is 0 Å². The first-order chi connectivity index (χ1) is 9.70. The van der Waals surface area contributed by atoms with Crippen molar-refractivity contribution >= 4 is 30.0 Å². The van der Waals surface area contributed by atoms with Gasteiger partial charge in [0.05, 0.1) is 11.5 Å². The summed E-state index contributed by atoms with van der Waals surface area (Å²) in [4.78, 5) is 32.8. The number of amides is 3. The van der Waals surface area contributed by atoms with Crippen LogP contribution in [0.4, 0.5) is 0 Å². The van der Waals surface area contributed by atoms with Gasteiger partial charge < -0.3 is 21.3 Å². The second-order valence-electron chi connectivity index (χ2n) is 4.08. The van der Waals surface area contributed by atoms with Crippen LogP contribution in [-0.2, 0) is 14.4 Å². The SMILES string of the molecule is CNCCCNC(=O)CSCC(=O)NCCCNC=O. The van der Waals surface area contributed by atoms with E-state index in [9.17, 15) is 14.4 Å². The van der Waals surface area contributed by atoms with Crippen LogP contribution in [0.2, 0.25) is 0 Å². The number of nitrogens with one attached hydrogen (secondary N) is 4. The molecule has 0 heterocycles. The fourth-order valence-electron chi connectivity index (χ4n) is 1.31. The number of hydrogen-bond donors (Lipinski definition) is 4. The lowest BCUT2D eigenvalue weighted by molar-refractivity contribution is -0.118. The summed E-state index contributed by atoms with van der Waals surface area (Å²) in [6.45, 7) is 2.59. The summed E-state index contributed by atoms with van der Waals surface area (Å²) in [6.07, 6.45) is 2.22. The Kier molecular flexibility index (Phi) is 13.2. The summed E-state index contributed by atoms with van der Waals surface area (Å²) < 4.78 is 0. The van der Waals surface area contributed by atoms with Gasteiger partial charge in [0.2, 0.25) is 18.2 Å². The van der Waals surface area contributed by atoms with Crippen LogP contribution in [0, 0.1) is 0 Å². The van der Waals surface area contributed by atoms with Crippen molar-refractivity contribution in [2.24, 2.45) is 0 Å². The van der Waals surface area contributed by atoms with Crippen LogP contribution in [0.1, 0.15) is 12.8 Å². The van der Waals surface area contributed by atoms with Crippen molar-refractivity contribution in [2.45, 2.75) is 12.8 Å². The molecule has 0 aliphatic carbocycles. The second kappa shape index (κ2) is 14.1. The van der Waals surface area contributed by atoms with E-state index in [-0.39, 0.29) is 17.6 Å². The standard InChI is InChI=1S/C12H24N4O3S/c1-13-4-2-6-15-11(18)8-20-9-12(19)16-7-3-5-14-10-17/h10,13H,2-9H2,1H3,(H,14,17)(H,15,18)(H,16,19). The first-order valence-electron chi connectivity index (χ1n) is 6.63. The number of thioether (sulfide) groups is 1. The van der Waals surface area contributed by atoms with Crippen LogP contribution in [0.3, 0.4) is 0 Å². The fourth-order valence-corrected chi connectivity index (χ4v) is 1.99. The third-order valence-corrected chi connectivity index (χ3v) is 3.23. The molecule has 0 saturated carbocycles. The van der Waals surface area contributed by atoms with Gasteiger partial charge in [0.1, 0.15) is 0 Å². The van der Waals surface area contributed by atoms with Gasteiger partial charge in [0, 0.05) is 19.6 Å². The second-order valence-corrected chi connectivity index (χ2v) is 5.06. The van der Waals surface area contributed by atoms with Crippen molar-refractivity contribution in [1.29, 1.82) is 0 Å². The molecule has 0 fully saturated rings. The van der Waals surface area contributed by atoms with Gasteiger partial charge in [-0.3, -0.25) is 14.4 Å². The van der Waals surface area contributed by atoms with E-state index < -0.39 is 0 Å². The van der Waals surface area contributed by atoms with Crippen molar-refractivity contribution < 1.29 is 14.4 Å². The van der Waals surface area contributed by atoms with Crippen molar-refractivity contribution in [3.8, 4) is 0 Å². The Bertz CT molecular complexity index is 290. The van der Waals surface area contributed by atoms with Crippen LogP contribution in [-0.4, -0.2) is 63.0 Å². The maximum atomic E-state index is 11.4. The molecule has 0 aromatic carbocycles. The normalized spacial score (nSPS) is 9.85. The molecule has 0 unspecified atom stereocenters. The van der Waals surface area contributed by atoms with Gasteiger partial charge in [-0.05, 0) is 26.4 Å². The smallest absolute Gasteiger partial charge is 0.230 e. The lowest BCUT2D eigenvalue weighted by atomic mass is 10.4. The molecular weight excluding hydrogens is 280 g/mol.